The van der Waals surface area contributed by atoms with E-state index in [4.69, 9.17) is 4.74 Å². The van der Waals surface area contributed by atoms with Gasteiger partial charge in [0, 0.05) is 6.54 Å². The first-order chi connectivity index (χ1) is 9.25. The zero-order valence-electron chi connectivity index (χ0n) is 11.4. The van der Waals surface area contributed by atoms with E-state index in [0.29, 0.717) is 6.61 Å². The number of benzene rings is 1. The SMILES string of the molecule is Cc1ncc(NCCCOc2ccccc2)nc1C. The van der Waals surface area contributed by atoms with Crippen molar-refractivity contribution in [3.8, 4) is 5.75 Å². The highest BCUT2D eigenvalue weighted by Crippen LogP contribution is 2.09. The summed E-state index contributed by atoms with van der Waals surface area (Å²) in [5, 5.41) is 3.25. The summed E-state index contributed by atoms with van der Waals surface area (Å²) in [6.07, 6.45) is 2.68. The van der Waals surface area contributed by atoms with Crippen LogP contribution in [0.4, 0.5) is 5.82 Å². The Bertz CT molecular complexity index is 514. The average molecular weight is 257 g/mol. The third-order valence-corrected chi connectivity index (χ3v) is 2.83. The molecule has 0 saturated heterocycles. The Labute approximate surface area is 113 Å². The third kappa shape index (κ3) is 4.25. The number of hydrogen-bond donors (Lipinski definition) is 1. The zero-order chi connectivity index (χ0) is 13.5. The fourth-order valence-electron chi connectivity index (χ4n) is 1.62. The molecule has 0 saturated carbocycles. The predicted molar refractivity (Wildman–Crippen MR) is 76.5 cm³/mol. The lowest BCUT2D eigenvalue weighted by Gasteiger charge is -2.08. The molecule has 0 amide bonds. The molecule has 1 N–H and O–H groups in total. The first-order valence-electron chi connectivity index (χ1n) is 6.47. The van der Waals surface area contributed by atoms with Crippen molar-refractivity contribution in [3.05, 3.63) is 47.9 Å². The number of ether oxygens (including phenoxy) is 1. The fourth-order valence-corrected chi connectivity index (χ4v) is 1.62. The van der Waals surface area contributed by atoms with Crippen LogP contribution in [0.2, 0.25) is 0 Å². The molecule has 0 fully saturated rings. The molecular formula is C15H19N3O. The Morgan fingerprint density at radius 1 is 1.11 bits per heavy atom. The van der Waals surface area contributed by atoms with Crippen LogP contribution in [0.1, 0.15) is 17.8 Å². The van der Waals surface area contributed by atoms with Gasteiger partial charge in [0.05, 0.1) is 24.2 Å². The van der Waals surface area contributed by atoms with Crippen LogP contribution in [0.25, 0.3) is 0 Å². The third-order valence-electron chi connectivity index (χ3n) is 2.83. The first kappa shape index (κ1) is 13.3. The minimum absolute atomic E-state index is 0.690. The second kappa shape index (κ2) is 6.73. The number of aromatic nitrogens is 2. The van der Waals surface area contributed by atoms with Crippen molar-refractivity contribution in [2.45, 2.75) is 20.3 Å². The van der Waals surface area contributed by atoms with E-state index in [2.05, 4.69) is 15.3 Å². The maximum atomic E-state index is 5.61. The predicted octanol–water partition coefficient (Wildman–Crippen LogP) is 2.97. The van der Waals surface area contributed by atoms with E-state index in [9.17, 15) is 0 Å². The van der Waals surface area contributed by atoms with Crippen LogP contribution < -0.4 is 10.1 Å². The minimum Gasteiger partial charge on any atom is -0.494 e. The highest BCUT2D eigenvalue weighted by atomic mass is 16.5. The Kier molecular flexibility index (Phi) is 4.72. The average Bonchev–Trinajstić information content (AvgIpc) is 2.43. The van der Waals surface area contributed by atoms with Gasteiger partial charge in [0.25, 0.3) is 0 Å². The normalized spacial score (nSPS) is 10.2. The number of aryl methyl sites for hydroxylation is 2. The lowest BCUT2D eigenvalue weighted by Crippen LogP contribution is -2.09. The molecule has 4 heteroatoms. The molecule has 19 heavy (non-hydrogen) atoms. The number of rotatable bonds is 6. The molecule has 0 aliphatic heterocycles. The van der Waals surface area contributed by atoms with E-state index in [-0.39, 0.29) is 0 Å². The summed E-state index contributed by atoms with van der Waals surface area (Å²) in [7, 11) is 0. The summed E-state index contributed by atoms with van der Waals surface area (Å²) in [6.45, 7) is 5.44. The first-order valence-corrected chi connectivity index (χ1v) is 6.47. The highest BCUT2D eigenvalue weighted by Gasteiger charge is 1.98. The van der Waals surface area contributed by atoms with Gasteiger partial charge in [-0.3, -0.25) is 4.98 Å². The van der Waals surface area contributed by atoms with Gasteiger partial charge in [0.2, 0.25) is 0 Å². The van der Waals surface area contributed by atoms with Gasteiger partial charge in [-0.25, -0.2) is 4.98 Å². The van der Waals surface area contributed by atoms with E-state index in [0.717, 1.165) is 35.9 Å². The minimum atomic E-state index is 0.690. The summed E-state index contributed by atoms with van der Waals surface area (Å²) >= 11 is 0. The smallest absolute Gasteiger partial charge is 0.144 e. The van der Waals surface area contributed by atoms with Crippen molar-refractivity contribution in [1.29, 1.82) is 0 Å². The second-order valence-electron chi connectivity index (χ2n) is 4.37. The summed E-state index contributed by atoms with van der Waals surface area (Å²) in [4.78, 5) is 8.68. The van der Waals surface area contributed by atoms with Crippen LogP contribution in [0.5, 0.6) is 5.75 Å². The van der Waals surface area contributed by atoms with E-state index in [1.165, 1.54) is 0 Å². The van der Waals surface area contributed by atoms with E-state index < -0.39 is 0 Å². The van der Waals surface area contributed by atoms with Gasteiger partial charge in [-0.2, -0.15) is 0 Å². The van der Waals surface area contributed by atoms with Crippen molar-refractivity contribution < 1.29 is 4.74 Å². The Balaban J connectivity index is 1.68. The molecule has 1 aromatic carbocycles. The number of nitrogens with zero attached hydrogens (tertiary/aromatic N) is 2. The fraction of sp³-hybridized carbons (Fsp3) is 0.333. The molecule has 2 aromatic rings. The molecule has 1 aromatic heterocycles. The van der Waals surface area contributed by atoms with Gasteiger partial charge in [0.1, 0.15) is 11.6 Å². The zero-order valence-corrected chi connectivity index (χ0v) is 11.4. The van der Waals surface area contributed by atoms with Gasteiger partial charge in [0.15, 0.2) is 0 Å². The van der Waals surface area contributed by atoms with Gasteiger partial charge in [-0.15, -0.1) is 0 Å². The van der Waals surface area contributed by atoms with E-state index >= 15 is 0 Å². The topological polar surface area (TPSA) is 47.0 Å². The summed E-state index contributed by atoms with van der Waals surface area (Å²) in [5.41, 5.74) is 1.93. The number of anilines is 1. The molecular weight excluding hydrogens is 238 g/mol. The van der Waals surface area contributed by atoms with Gasteiger partial charge in [-0.05, 0) is 32.4 Å². The van der Waals surface area contributed by atoms with Crippen LogP contribution in [0.3, 0.4) is 0 Å². The van der Waals surface area contributed by atoms with Gasteiger partial charge >= 0.3 is 0 Å². The molecule has 0 unspecified atom stereocenters. The van der Waals surface area contributed by atoms with Crippen LogP contribution in [-0.4, -0.2) is 23.1 Å². The van der Waals surface area contributed by atoms with Crippen molar-refractivity contribution >= 4 is 5.82 Å². The second-order valence-corrected chi connectivity index (χ2v) is 4.37. The maximum absolute atomic E-state index is 5.61. The molecule has 0 spiro atoms. The van der Waals surface area contributed by atoms with Crippen LogP contribution in [-0.2, 0) is 0 Å². The lowest BCUT2D eigenvalue weighted by molar-refractivity contribution is 0.315. The largest absolute Gasteiger partial charge is 0.494 e. The van der Waals surface area contributed by atoms with Crippen LogP contribution in [0, 0.1) is 13.8 Å². The standard InChI is InChI=1S/C15H19N3O/c1-12-13(2)18-15(11-17-12)16-9-6-10-19-14-7-4-3-5-8-14/h3-5,7-8,11H,6,9-10H2,1-2H3,(H,16,18). The molecule has 0 atom stereocenters. The molecule has 4 nitrogen and oxygen atoms in total. The Hall–Kier alpha value is -2.10. The van der Waals surface area contributed by atoms with Crippen LogP contribution >= 0.6 is 0 Å². The lowest BCUT2D eigenvalue weighted by atomic mass is 10.3. The number of para-hydroxylation sites is 1. The van der Waals surface area contributed by atoms with Gasteiger partial charge in [-0.1, -0.05) is 18.2 Å². The molecule has 2 rings (SSSR count). The summed E-state index contributed by atoms with van der Waals surface area (Å²) in [5.74, 6) is 1.73. The van der Waals surface area contributed by atoms with E-state index in [1.807, 2.05) is 44.2 Å². The summed E-state index contributed by atoms with van der Waals surface area (Å²) in [6, 6.07) is 9.84. The quantitative estimate of drug-likeness (QED) is 0.808. The molecule has 0 radical (unpaired) electrons. The number of nitrogens with one attached hydrogen (secondary N) is 1. The molecule has 1 heterocycles. The monoisotopic (exact) mass is 257 g/mol. The van der Waals surface area contributed by atoms with Crippen LogP contribution in [0.15, 0.2) is 36.5 Å². The highest BCUT2D eigenvalue weighted by molar-refractivity contribution is 5.33. The molecule has 0 bridgehead atoms. The van der Waals surface area contributed by atoms with Crippen molar-refractivity contribution in [2.24, 2.45) is 0 Å². The Morgan fingerprint density at radius 3 is 2.63 bits per heavy atom. The molecule has 0 aliphatic carbocycles. The maximum Gasteiger partial charge on any atom is 0.144 e. The van der Waals surface area contributed by atoms with Crippen molar-refractivity contribution in [1.82, 2.24) is 9.97 Å². The molecule has 100 valence electrons. The van der Waals surface area contributed by atoms with Crippen molar-refractivity contribution in [2.75, 3.05) is 18.5 Å². The molecule has 0 aliphatic rings. The summed E-state index contributed by atoms with van der Waals surface area (Å²) < 4.78 is 5.61. The number of hydrogen-bond acceptors (Lipinski definition) is 4. The Morgan fingerprint density at radius 2 is 1.89 bits per heavy atom. The van der Waals surface area contributed by atoms with Crippen molar-refractivity contribution in [3.63, 3.8) is 0 Å². The van der Waals surface area contributed by atoms with E-state index in [1.54, 1.807) is 6.20 Å². The van der Waals surface area contributed by atoms with Gasteiger partial charge < -0.3 is 10.1 Å².